The Bertz CT molecular complexity index is 1640. The number of anilines is 1. The lowest BCUT2D eigenvalue weighted by Crippen LogP contribution is -2.29. The summed E-state index contributed by atoms with van der Waals surface area (Å²) in [5.74, 6) is 0.328. The summed E-state index contributed by atoms with van der Waals surface area (Å²) >= 11 is 1.29. The van der Waals surface area contributed by atoms with Gasteiger partial charge in [-0.3, -0.25) is 14.5 Å². The maximum Gasteiger partial charge on any atom is 0.301 e. The van der Waals surface area contributed by atoms with Crippen LogP contribution in [0.1, 0.15) is 36.6 Å². The zero-order valence-electron chi connectivity index (χ0n) is 21.6. The number of hydrogen-bond donors (Lipinski definition) is 1. The molecule has 1 saturated heterocycles. The molecule has 8 nitrogen and oxygen atoms in total. The molecule has 2 aliphatic rings. The molecule has 9 heteroatoms. The number of thiazole rings is 1. The van der Waals surface area contributed by atoms with Gasteiger partial charge in [0, 0.05) is 12.0 Å². The molecule has 39 heavy (non-hydrogen) atoms. The third kappa shape index (κ3) is 4.28. The van der Waals surface area contributed by atoms with Gasteiger partial charge in [-0.25, -0.2) is 4.98 Å². The molecule has 1 aromatic heterocycles. The molecule has 0 unspecified atom stereocenters. The van der Waals surface area contributed by atoms with Crippen molar-refractivity contribution in [3.8, 4) is 17.2 Å². The summed E-state index contributed by atoms with van der Waals surface area (Å²) in [6.45, 7) is 4.41. The van der Waals surface area contributed by atoms with Crippen LogP contribution >= 0.6 is 11.3 Å². The number of nitrogens with zero attached hydrogens (tertiary/aromatic N) is 2. The minimum atomic E-state index is -0.883. The number of carbonyl (C=O) groups excluding carboxylic acids is 2. The molecular weight excluding hydrogens is 516 g/mol. The van der Waals surface area contributed by atoms with Crippen LogP contribution < -0.4 is 19.1 Å². The van der Waals surface area contributed by atoms with Crippen molar-refractivity contribution in [3.05, 3.63) is 82.9 Å². The van der Waals surface area contributed by atoms with Crippen LogP contribution in [-0.4, -0.2) is 41.6 Å². The van der Waals surface area contributed by atoms with E-state index in [9.17, 15) is 14.7 Å². The molecule has 2 atom stereocenters. The molecule has 0 bridgehead atoms. The van der Waals surface area contributed by atoms with Gasteiger partial charge in [-0.1, -0.05) is 23.5 Å². The predicted molar refractivity (Wildman–Crippen MR) is 149 cm³/mol. The van der Waals surface area contributed by atoms with Gasteiger partial charge in [0.2, 0.25) is 0 Å². The van der Waals surface area contributed by atoms with E-state index in [4.69, 9.17) is 14.2 Å². The Labute approximate surface area is 229 Å². The average Bonchev–Trinajstić information content (AvgIpc) is 3.60. The molecule has 198 valence electrons. The number of aliphatic hydroxyl groups is 1. The van der Waals surface area contributed by atoms with E-state index < -0.39 is 17.7 Å². The third-order valence-electron chi connectivity index (χ3n) is 6.91. The Morgan fingerprint density at radius 2 is 1.87 bits per heavy atom. The Hall–Kier alpha value is -4.37. The summed E-state index contributed by atoms with van der Waals surface area (Å²) in [6, 6.07) is 17.0. The van der Waals surface area contributed by atoms with E-state index in [1.807, 2.05) is 38.1 Å². The molecular formula is C30H26N2O6S. The monoisotopic (exact) mass is 542 g/mol. The topological polar surface area (TPSA) is 98.2 Å². The number of hydrogen-bond acceptors (Lipinski definition) is 8. The number of aliphatic hydroxyl groups excluding tert-OH is 1. The van der Waals surface area contributed by atoms with Gasteiger partial charge < -0.3 is 19.3 Å². The van der Waals surface area contributed by atoms with Crippen LogP contribution in [0.4, 0.5) is 5.13 Å². The summed E-state index contributed by atoms with van der Waals surface area (Å²) in [5, 5.41) is 11.9. The van der Waals surface area contributed by atoms with Crippen LogP contribution in [0.2, 0.25) is 0 Å². The van der Waals surface area contributed by atoms with E-state index in [-0.39, 0.29) is 17.4 Å². The van der Waals surface area contributed by atoms with Gasteiger partial charge in [0.15, 0.2) is 5.13 Å². The Morgan fingerprint density at radius 3 is 2.62 bits per heavy atom. The number of ether oxygens (including phenoxy) is 3. The molecule has 0 saturated carbocycles. The lowest BCUT2D eigenvalue weighted by atomic mass is 9.94. The van der Waals surface area contributed by atoms with E-state index in [1.54, 1.807) is 43.5 Å². The first-order valence-corrected chi connectivity index (χ1v) is 13.5. The van der Waals surface area contributed by atoms with Gasteiger partial charge in [0.1, 0.15) is 29.1 Å². The highest BCUT2D eigenvalue weighted by molar-refractivity contribution is 7.22. The SMILES string of the molecule is CCOc1ccc2nc(N3C(=O)C(=O)C(=C(O)c4ccc5c(c4)C[C@@H](C)O5)[C@H]3c3ccc(OC)cc3)sc2c1. The highest BCUT2D eigenvalue weighted by Crippen LogP contribution is 2.45. The lowest BCUT2D eigenvalue weighted by Gasteiger charge is -2.23. The summed E-state index contributed by atoms with van der Waals surface area (Å²) in [4.78, 5) is 33.2. The quantitative estimate of drug-likeness (QED) is 0.191. The van der Waals surface area contributed by atoms with E-state index in [2.05, 4.69) is 4.98 Å². The first kappa shape index (κ1) is 24.9. The van der Waals surface area contributed by atoms with E-state index in [0.717, 1.165) is 16.0 Å². The van der Waals surface area contributed by atoms with Gasteiger partial charge in [-0.2, -0.15) is 0 Å². The van der Waals surface area contributed by atoms with Gasteiger partial charge in [-0.15, -0.1) is 0 Å². The van der Waals surface area contributed by atoms with Crippen LogP contribution in [0.15, 0.2) is 66.2 Å². The van der Waals surface area contributed by atoms with Crippen LogP contribution in [0, 0.1) is 0 Å². The molecule has 3 heterocycles. The number of fused-ring (bicyclic) bond motifs is 2. The minimum Gasteiger partial charge on any atom is -0.507 e. The Balaban J connectivity index is 1.50. The number of amides is 1. The first-order valence-electron chi connectivity index (χ1n) is 12.7. The molecule has 0 aliphatic carbocycles. The summed E-state index contributed by atoms with van der Waals surface area (Å²) < 4.78 is 17.5. The van der Waals surface area contributed by atoms with Crippen LogP contribution in [0.3, 0.4) is 0 Å². The number of ketones is 1. The van der Waals surface area contributed by atoms with Crippen molar-refractivity contribution in [2.24, 2.45) is 0 Å². The molecule has 3 aromatic carbocycles. The number of carbonyl (C=O) groups is 2. The van der Waals surface area contributed by atoms with Crippen molar-refractivity contribution in [3.63, 3.8) is 0 Å². The first-order chi connectivity index (χ1) is 18.9. The van der Waals surface area contributed by atoms with Gasteiger partial charge in [0.25, 0.3) is 5.78 Å². The lowest BCUT2D eigenvalue weighted by molar-refractivity contribution is -0.132. The van der Waals surface area contributed by atoms with Crippen molar-refractivity contribution in [1.82, 2.24) is 4.98 Å². The number of aromatic nitrogens is 1. The van der Waals surface area contributed by atoms with Crippen LogP contribution in [-0.2, 0) is 16.0 Å². The molecule has 2 aliphatic heterocycles. The summed E-state index contributed by atoms with van der Waals surface area (Å²) in [6.07, 6.45) is 0.729. The van der Waals surface area contributed by atoms with Gasteiger partial charge in [-0.05, 0) is 73.5 Å². The fourth-order valence-corrected chi connectivity index (χ4v) is 6.13. The van der Waals surface area contributed by atoms with Crippen molar-refractivity contribution in [2.75, 3.05) is 18.6 Å². The Morgan fingerprint density at radius 1 is 1.10 bits per heavy atom. The van der Waals surface area contributed by atoms with Crippen molar-refractivity contribution < 1.29 is 28.9 Å². The van der Waals surface area contributed by atoms with Gasteiger partial charge >= 0.3 is 5.91 Å². The normalized spacial score (nSPS) is 19.8. The Kier molecular flexibility index (Phi) is 6.23. The highest BCUT2D eigenvalue weighted by Gasteiger charge is 2.48. The molecule has 0 radical (unpaired) electrons. The number of rotatable bonds is 6. The highest BCUT2D eigenvalue weighted by atomic mass is 32.1. The maximum absolute atomic E-state index is 13.6. The van der Waals surface area contributed by atoms with E-state index in [1.165, 1.54) is 16.2 Å². The molecule has 0 spiro atoms. The third-order valence-corrected chi connectivity index (χ3v) is 7.93. The number of Topliss-reactive ketones (excluding diaryl/α,β-unsaturated/α-hetero) is 1. The van der Waals surface area contributed by atoms with E-state index in [0.29, 0.717) is 46.3 Å². The fourth-order valence-electron chi connectivity index (χ4n) is 5.11. The maximum atomic E-state index is 13.6. The van der Waals surface area contributed by atoms with Crippen molar-refractivity contribution in [1.29, 1.82) is 0 Å². The second-order valence-electron chi connectivity index (χ2n) is 9.46. The minimum absolute atomic E-state index is 0.00587. The average molecular weight is 543 g/mol. The molecule has 1 amide bonds. The molecule has 1 N–H and O–H groups in total. The number of benzene rings is 3. The van der Waals surface area contributed by atoms with E-state index >= 15 is 0 Å². The largest absolute Gasteiger partial charge is 0.507 e. The second kappa shape index (κ2) is 9.74. The van der Waals surface area contributed by atoms with Gasteiger partial charge in [0.05, 0.1) is 35.5 Å². The number of methoxy groups -OCH3 is 1. The molecule has 4 aromatic rings. The zero-order valence-corrected chi connectivity index (χ0v) is 22.5. The molecule has 6 rings (SSSR count). The zero-order chi connectivity index (χ0) is 27.3. The standard InChI is InChI=1S/C30H26N2O6S/c1-4-37-21-10-11-22-24(15-21)39-30(31-22)32-26(17-5-8-20(36-3)9-6-17)25(28(34)29(32)35)27(33)18-7-12-23-19(14-18)13-16(2)38-23/h5-12,14-16,26,33H,4,13H2,1-3H3/t16-,26-/m1/s1. The second-order valence-corrected chi connectivity index (χ2v) is 10.5. The molecule has 1 fully saturated rings. The fraction of sp³-hybridized carbons (Fsp3) is 0.233. The van der Waals surface area contributed by atoms with Crippen molar-refractivity contribution in [2.45, 2.75) is 32.4 Å². The van der Waals surface area contributed by atoms with Crippen molar-refractivity contribution >= 4 is 44.1 Å². The van der Waals surface area contributed by atoms with Crippen LogP contribution in [0.25, 0.3) is 16.0 Å². The summed E-state index contributed by atoms with van der Waals surface area (Å²) in [7, 11) is 1.57. The van der Waals surface area contributed by atoms with Crippen LogP contribution in [0.5, 0.6) is 17.2 Å². The predicted octanol–water partition coefficient (Wildman–Crippen LogP) is 5.65. The summed E-state index contributed by atoms with van der Waals surface area (Å²) in [5.41, 5.74) is 2.73. The smallest absolute Gasteiger partial charge is 0.301 e.